The first-order valence-corrected chi connectivity index (χ1v) is 9.83. The third-order valence-electron chi connectivity index (χ3n) is 4.20. The normalized spacial score (nSPS) is 20.4. The summed E-state index contributed by atoms with van der Waals surface area (Å²) in [5, 5.41) is 9.16. The molecule has 0 amide bonds. The van der Waals surface area contributed by atoms with Gasteiger partial charge in [0, 0.05) is 6.61 Å². The second-order valence-corrected chi connectivity index (χ2v) is 7.72. The lowest BCUT2D eigenvalue weighted by molar-refractivity contribution is -0.0572. The van der Waals surface area contributed by atoms with E-state index in [1.165, 1.54) is 12.1 Å². The summed E-state index contributed by atoms with van der Waals surface area (Å²) >= 11 is 0. The molecule has 26 heavy (non-hydrogen) atoms. The molecular formula is C19H20N2O4S. The zero-order valence-corrected chi connectivity index (χ0v) is 15.0. The highest BCUT2D eigenvalue weighted by Crippen LogP contribution is 2.19. The number of nitrogens with zero attached hydrogens (tertiary/aromatic N) is 1. The lowest BCUT2D eigenvalue weighted by atomic mass is 10.1. The van der Waals surface area contributed by atoms with Crippen molar-refractivity contribution in [1.82, 2.24) is 4.72 Å². The summed E-state index contributed by atoms with van der Waals surface area (Å²) in [7, 11) is -3.85. The summed E-state index contributed by atoms with van der Waals surface area (Å²) in [4.78, 5) is -0.0325. The Balaban J connectivity index is 1.72. The molecule has 1 saturated heterocycles. The number of nitriles is 1. The molecule has 7 heteroatoms. The second kappa shape index (κ2) is 8.43. The molecule has 0 bridgehead atoms. The molecular weight excluding hydrogens is 352 g/mol. The number of nitrogens with one attached hydrogen (secondary N) is 1. The Labute approximate surface area is 153 Å². The second-order valence-electron chi connectivity index (χ2n) is 6.03. The summed E-state index contributed by atoms with van der Waals surface area (Å²) in [6.45, 7) is 1.15. The van der Waals surface area contributed by atoms with Gasteiger partial charge in [-0.2, -0.15) is 5.26 Å². The van der Waals surface area contributed by atoms with E-state index in [1.54, 1.807) is 12.1 Å². The van der Waals surface area contributed by atoms with E-state index in [1.807, 2.05) is 36.4 Å². The van der Waals surface area contributed by atoms with Crippen LogP contribution in [0.2, 0.25) is 0 Å². The number of hydrogen-bond acceptors (Lipinski definition) is 5. The fraction of sp³-hybridized carbons (Fsp3) is 0.316. The highest BCUT2D eigenvalue weighted by atomic mass is 32.2. The Morgan fingerprint density at radius 3 is 2.65 bits per heavy atom. The van der Waals surface area contributed by atoms with Gasteiger partial charge in [-0.15, -0.1) is 0 Å². The minimum atomic E-state index is -3.85. The third kappa shape index (κ3) is 4.48. The number of rotatable bonds is 6. The molecule has 0 saturated carbocycles. The van der Waals surface area contributed by atoms with Crippen molar-refractivity contribution < 1.29 is 17.9 Å². The van der Waals surface area contributed by atoms with Crippen LogP contribution in [0.3, 0.4) is 0 Å². The van der Waals surface area contributed by atoms with Crippen LogP contribution in [0.1, 0.15) is 17.5 Å². The molecule has 6 nitrogen and oxygen atoms in total. The maximum Gasteiger partial charge on any atom is 0.242 e. The molecule has 3 rings (SSSR count). The lowest BCUT2D eigenvalue weighted by Gasteiger charge is -2.32. The van der Waals surface area contributed by atoms with Gasteiger partial charge in [0.05, 0.1) is 35.8 Å². The van der Waals surface area contributed by atoms with Crippen molar-refractivity contribution in [3.63, 3.8) is 0 Å². The van der Waals surface area contributed by atoms with Gasteiger partial charge < -0.3 is 9.47 Å². The summed E-state index contributed by atoms with van der Waals surface area (Å²) in [5.74, 6) is 0. The van der Waals surface area contributed by atoms with Crippen LogP contribution in [0, 0.1) is 11.3 Å². The van der Waals surface area contributed by atoms with Crippen LogP contribution in [-0.4, -0.2) is 33.8 Å². The molecule has 1 aliphatic rings. The summed E-state index contributed by atoms with van der Waals surface area (Å²) in [6, 6.07) is 17.2. The van der Waals surface area contributed by atoms with Crippen molar-refractivity contribution in [2.45, 2.75) is 30.1 Å². The van der Waals surface area contributed by atoms with Crippen molar-refractivity contribution in [3.05, 3.63) is 65.7 Å². The Kier molecular flexibility index (Phi) is 6.01. The highest BCUT2D eigenvalue weighted by molar-refractivity contribution is 7.89. The Morgan fingerprint density at radius 1 is 1.15 bits per heavy atom. The van der Waals surface area contributed by atoms with Crippen LogP contribution in [-0.2, 0) is 26.1 Å². The van der Waals surface area contributed by atoms with Crippen molar-refractivity contribution in [2.24, 2.45) is 0 Å². The van der Waals surface area contributed by atoms with Gasteiger partial charge >= 0.3 is 0 Å². The van der Waals surface area contributed by atoms with Gasteiger partial charge in [0.25, 0.3) is 0 Å². The van der Waals surface area contributed by atoms with Crippen LogP contribution in [0.5, 0.6) is 0 Å². The van der Waals surface area contributed by atoms with Gasteiger partial charge in [-0.25, -0.2) is 13.1 Å². The van der Waals surface area contributed by atoms with Crippen molar-refractivity contribution >= 4 is 10.0 Å². The first kappa shape index (κ1) is 18.5. The van der Waals surface area contributed by atoms with Crippen LogP contribution in [0.25, 0.3) is 0 Å². The molecule has 1 aliphatic heterocycles. The number of benzene rings is 2. The van der Waals surface area contributed by atoms with Crippen molar-refractivity contribution in [3.8, 4) is 6.07 Å². The predicted octanol–water partition coefficient (Wildman–Crippen LogP) is 2.21. The molecule has 0 radical (unpaired) electrons. The van der Waals surface area contributed by atoms with E-state index in [9.17, 15) is 8.42 Å². The van der Waals surface area contributed by atoms with E-state index >= 15 is 0 Å². The van der Waals surface area contributed by atoms with Crippen LogP contribution in [0.15, 0.2) is 59.5 Å². The van der Waals surface area contributed by atoms with Gasteiger partial charge in [0.2, 0.25) is 10.0 Å². The van der Waals surface area contributed by atoms with E-state index in [0.29, 0.717) is 19.6 Å². The van der Waals surface area contributed by atoms with E-state index in [0.717, 1.165) is 5.56 Å². The molecule has 1 fully saturated rings. The summed E-state index contributed by atoms with van der Waals surface area (Å²) < 4.78 is 39.5. The largest absolute Gasteiger partial charge is 0.380 e. The van der Waals surface area contributed by atoms with Crippen LogP contribution >= 0.6 is 0 Å². The lowest BCUT2D eigenvalue weighted by Crippen LogP contribution is -2.50. The van der Waals surface area contributed by atoms with Gasteiger partial charge in [0.15, 0.2) is 0 Å². The SMILES string of the molecule is N#Cc1ccccc1S(=O)(=O)NC1COCCC1OCc1ccccc1. The molecule has 2 aromatic rings. The van der Waals surface area contributed by atoms with Crippen LogP contribution in [0.4, 0.5) is 0 Å². The van der Waals surface area contributed by atoms with E-state index in [-0.39, 0.29) is 23.2 Å². The fourth-order valence-electron chi connectivity index (χ4n) is 2.86. The zero-order chi connectivity index (χ0) is 18.4. The average molecular weight is 372 g/mol. The Hall–Kier alpha value is -2.24. The third-order valence-corrected chi connectivity index (χ3v) is 5.75. The predicted molar refractivity (Wildman–Crippen MR) is 95.7 cm³/mol. The molecule has 0 aromatic heterocycles. The maximum absolute atomic E-state index is 12.7. The molecule has 0 spiro atoms. The number of hydrogen-bond donors (Lipinski definition) is 1. The summed E-state index contributed by atoms with van der Waals surface area (Å²) in [5.41, 5.74) is 1.13. The number of ether oxygens (including phenoxy) is 2. The number of sulfonamides is 1. The molecule has 136 valence electrons. The first-order chi connectivity index (χ1) is 12.6. The quantitative estimate of drug-likeness (QED) is 0.840. The van der Waals surface area contributed by atoms with Crippen LogP contribution < -0.4 is 4.72 Å². The minimum absolute atomic E-state index is 0.0325. The molecule has 1 N–H and O–H groups in total. The molecule has 0 aliphatic carbocycles. The topological polar surface area (TPSA) is 88.4 Å². The maximum atomic E-state index is 12.7. The minimum Gasteiger partial charge on any atom is -0.380 e. The zero-order valence-electron chi connectivity index (χ0n) is 14.2. The first-order valence-electron chi connectivity index (χ1n) is 8.35. The molecule has 2 aromatic carbocycles. The van der Waals surface area contributed by atoms with Crippen molar-refractivity contribution in [2.75, 3.05) is 13.2 Å². The standard InChI is InChI=1S/C19H20N2O4S/c20-12-16-8-4-5-9-19(16)26(22,23)21-17-14-24-11-10-18(17)25-13-15-6-2-1-3-7-15/h1-9,17-18,21H,10-11,13-14H2. The summed E-state index contributed by atoms with van der Waals surface area (Å²) in [6.07, 6.45) is 0.299. The van der Waals surface area contributed by atoms with E-state index < -0.39 is 16.1 Å². The van der Waals surface area contributed by atoms with Gasteiger partial charge in [-0.05, 0) is 24.1 Å². The van der Waals surface area contributed by atoms with Gasteiger partial charge in [-0.3, -0.25) is 0 Å². The molecule has 1 heterocycles. The Bertz CT molecular complexity index is 878. The fourth-order valence-corrected chi connectivity index (χ4v) is 4.27. The molecule has 2 unspecified atom stereocenters. The average Bonchev–Trinajstić information content (AvgIpc) is 2.68. The Morgan fingerprint density at radius 2 is 1.88 bits per heavy atom. The van der Waals surface area contributed by atoms with E-state index in [2.05, 4.69) is 4.72 Å². The monoisotopic (exact) mass is 372 g/mol. The van der Waals surface area contributed by atoms with E-state index in [4.69, 9.17) is 14.7 Å². The smallest absolute Gasteiger partial charge is 0.242 e. The van der Waals surface area contributed by atoms with Gasteiger partial charge in [-0.1, -0.05) is 42.5 Å². The van der Waals surface area contributed by atoms with Crippen molar-refractivity contribution in [1.29, 1.82) is 5.26 Å². The van der Waals surface area contributed by atoms with Gasteiger partial charge in [0.1, 0.15) is 6.07 Å². The molecule has 2 atom stereocenters. The highest BCUT2D eigenvalue weighted by Gasteiger charge is 2.31.